The van der Waals surface area contributed by atoms with Crippen LogP contribution in [0.15, 0.2) is 303 Å². The summed E-state index contributed by atoms with van der Waals surface area (Å²) in [5.74, 6) is 0.738. The summed E-state index contributed by atoms with van der Waals surface area (Å²) < 4.78 is 14.4. The van der Waals surface area contributed by atoms with E-state index in [-0.39, 0.29) is 0 Å². The van der Waals surface area contributed by atoms with E-state index in [0.717, 1.165) is 133 Å². The number of hydrogen-bond donors (Lipinski definition) is 0. The van der Waals surface area contributed by atoms with Gasteiger partial charge in [-0.2, -0.15) is 5.26 Å². The van der Waals surface area contributed by atoms with Gasteiger partial charge in [-0.05, 0) is 121 Å². The lowest BCUT2D eigenvalue weighted by Gasteiger charge is -2.18. The number of aromatic nitrogens is 7. The largest absolute Gasteiger partial charge is 0.309 e. The highest BCUT2D eigenvalue weighted by atomic mass is 15.1. The van der Waals surface area contributed by atoms with Gasteiger partial charge in [0.1, 0.15) is 5.82 Å². The van der Waals surface area contributed by atoms with E-state index in [0.29, 0.717) is 5.56 Å². The maximum Gasteiger partial charge on any atom is 0.138 e. The molecule has 0 aliphatic rings. The maximum absolute atomic E-state index is 10.7. The van der Waals surface area contributed by atoms with Crippen LogP contribution in [-0.2, 0) is 0 Å². The molecule has 0 spiro atoms. The average Bonchev–Trinajstić information content (AvgIpc) is 1.61. The van der Waals surface area contributed by atoms with Crippen molar-refractivity contribution < 1.29 is 0 Å². The van der Waals surface area contributed by atoms with Crippen molar-refractivity contribution in [1.82, 2.24) is 32.4 Å². The third-order valence-electron chi connectivity index (χ3n) is 19.5. The number of pyridine rings is 1. The Morgan fingerprint density at radius 3 is 0.826 bits per heavy atom. The molecule has 0 saturated carbocycles. The van der Waals surface area contributed by atoms with Crippen molar-refractivity contribution >= 4 is 131 Å². The lowest BCUT2D eigenvalue weighted by atomic mass is 10.0. The van der Waals surface area contributed by atoms with Crippen molar-refractivity contribution in [3.8, 4) is 51.5 Å². The van der Waals surface area contributed by atoms with Crippen LogP contribution in [0.25, 0.3) is 176 Å². The summed E-state index contributed by atoms with van der Waals surface area (Å²) in [7, 11) is 0. The summed E-state index contributed by atoms with van der Waals surface area (Å²) in [6, 6.07) is 110. The summed E-state index contributed by atoms with van der Waals surface area (Å²) in [5, 5.41) is 24.8. The Balaban J connectivity index is 0.896. The van der Waals surface area contributed by atoms with Crippen LogP contribution in [0.5, 0.6) is 0 Å². The number of fused-ring (bicyclic) bond motifs is 18. The number of nitriles is 1. The van der Waals surface area contributed by atoms with Crippen molar-refractivity contribution in [3.63, 3.8) is 0 Å². The number of rotatable bonds is 7. The van der Waals surface area contributed by atoms with Gasteiger partial charge in [0.15, 0.2) is 0 Å². The van der Waals surface area contributed by atoms with Crippen LogP contribution in [0.2, 0.25) is 0 Å². The number of benzene rings is 13. The SMILES string of the molecule is N#Cc1cccc(-c2cc(-n3c4cc(-n5c6ccccc6c6ccccc65)ccc4c4ccc(-n5c6ccccc6c6ccccc65)cc43)ncc2-n2c3cc(-n4c5ccccc5c5ccccc54)ccc3c3ccc(-n4c5ccccc5c5ccccc54)cc32)c1. The van der Waals surface area contributed by atoms with Crippen molar-refractivity contribution in [2.75, 3.05) is 0 Å². The first-order chi connectivity index (χ1) is 45.6. The van der Waals surface area contributed by atoms with Crippen molar-refractivity contribution in [1.29, 1.82) is 5.26 Å². The van der Waals surface area contributed by atoms with Gasteiger partial charge in [0, 0.05) is 92.9 Å². The zero-order chi connectivity index (χ0) is 60.3. The van der Waals surface area contributed by atoms with E-state index >= 15 is 0 Å². The van der Waals surface area contributed by atoms with Gasteiger partial charge in [0.25, 0.3) is 0 Å². The smallest absolute Gasteiger partial charge is 0.138 e. The van der Waals surface area contributed by atoms with E-state index < -0.39 is 0 Å². The standard InChI is InChI=1S/C84H50N8/c85-50-52-18-17-19-53(44-52)70-49-84(92-81-47-56(89-75-32-13-5-24-62(75)63-25-6-14-33-76(63)89)38-42-68(81)69-43-39-57(48-82(69)92)90-77-34-15-7-26-64(77)65-27-8-16-35-78(65)90)86-51-83(70)91-79-45-54(87-71-28-9-1-20-58(71)59-21-2-10-29-72(59)87)36-40-66(79)67-41-37-55(46-80(67)91)88-73-30-11-3-22-60(73)61-23-4-12-31-74(61)88/h1-49,51H. The molecule has 8 nitrogen and oxygen atoms in total. The fourth-order valence-corrected chi connectivity index (χ4v) is 15.6. The minimum Gasteiger partial charge on any atom is -0.309 e. The summed E-state index contributed by atoms with van der Waals surface area (Å²) in [6.07, 6.45) is 2.08. The molecule has 0 bridgehead atoms. The van der Waals surface area contributed by atoms with Gasteiger partial charge >= 0.3 is 0 Å². The molecule has 8 heteroatoms. The Kier molecular flexibility index (Phi) is 10.5. The Labute approximate surface area is 526 Å². The predicted octanol–water partition coefficient (Wildman–Crippen LogP) is 21.2. The highest BCUT2D eigenvalue weighted by Gasteiger charge is 2.25. The molecule has 0 unspecified atom stereocenters. The zero-order valence-corrected chi connectivity index (χ0v) is 49.4. The Morgan fingerprint density at radius 1 is 0.239 bits per heavy atom. The van der Waals surface area contributed by atoms with E-state index in [1.165, 1.54) is 43.1 Å². The van der Waals surface area contributed by atoms with Crippen LogP contribution in [0, 0.1) is 11.3 Å². The monoisotopic (exact) mass is 1170 g/mol. The van der Waals surface area contributed by atoms with Crippen LogP contribution in [-0.4, -0.2) is 32.4 Å². The highest BCUT2D eigenvalue weighted by molar-refractivity contribution is 6.16. The fourth-order valence-electron chi connectivity index (χ4n) is 15.6. The molecular formula is C84H50N8. The second-order valence-corrected chi connectivity index (χ2v) is 24.2. The lowest BCUT2D eigenvalue weighted by molar-refractivity contribution is 1.05. The van der Waals surface area contributed by atoms with E-state index in [1.54, 1.807) is 0 Å². The van der Waals surface area contributed by atoms with E-state index in [1.807, 2.05) is 18.2 Å². The van der Waals surface area contributed by atoms with Crippen molar-refractivity contribution in [2.45, 2.75) is 0 Å². The molecule has 0 aliphatic heterocycles. The summed E-state index contributed by atoms with van der Waals surface area (Å²) >= 11 is 0. The Hall–Kier alpha value is -12.7. The molecule has 20 rings (SSSR count). The number of para-hydroxylation sites is 8. The zero-order valence-electron chi connectivity index (χ0n) is 49.4. The molecular weight excluding hydrogens is 1120 g/mol. The van der Waals surface area contributed by atoms with Gasteiger partial charge < -0.3 is 22.8 Å². The molecule has 0 N–H and O–H groups in total. The molecule has 0 fully saturated rings. The lowest BCUT2D eigenvalue weighted by Crippen LogP contribution is -2.05. The molecule has 20 aromatic rings. The first kappa shape index (κ1) is 50.3. The molecule has 7 aromatic heterocycles. The Morgan fingerprint density at radius 2 is 0.522 bits per heavy atom. The van der Waals surface area contributed by atoms with Crippen molar-refractivity contribution in [3.05, 3.63) is 309 Å². The Bertz CT molecular complexity index is 6050. The molecule has 0 amide bonds. The molecule has 426 valence electrons. The molecule has 0 saturated heterocycles. The second kappa shape index (κ2) is 19.2. The minimum absolute atomic E-state index is 0.569. The number of hydrogen-bond acceptors (Lipinski definition) is 2. The molecule has 13 aromatic carbocycles. The molecule has 7 heterocycles. The van der Waals surface area contributed by atoms with Crippen molar-refractivity contribution in [2.24, 2.45) is 0 Å². The number of nitrogens with zero attached hydrogens (tertiary/aromatic N) is 8. The van der Waals surface area contributed by atoms with Gasteiger partial charge in [-0.3, -0.25) is 4.57 Å². The van der Waals surface area contributed by atoms with Gasteiger partial charge in [0.2, 0.25) is 0 Å². The molecule has 0 radical (unpaired) electrons. The molecule has 0 atom stereocenters. The predicted molar refractivity (Wildman–Crippen MR) is 380 cm³/mol. The third-order valence-corrected chi connectivity index (χ3v) is 19.5. The van der Waals surface area contributed by atoms with Gasteiger partial charge in [0.05, 0.1) is 89.7 Å². The summed E-state index contributed by atoms with van der Waals surface area (Å²) in [6.45, 7) is 0. The first-order valence-corrected chi connectivity index (χ1v) is 31.2. The quantitative estimate of drug-likeness (QED) is 0.160. The van der Waals surface area contributed by atoms with Crippen LogP contribution < -0.4 is 0 Å². The fraction of sp³-hybridized carbons (Fsp3) is 0. The third kappa shape index (κ3) is 7.07. The molecule has 92 heavy (non-hydrogen) atoms. The second-order valence-electron chi connectivity index (χ2n) is 24.2. The van der Waals surface area contributed by atoms with Gasteiger partial charge in [-0.15, -0.1) is 0 Å². The van der Waals surface area contributed by atoms with Crippen LogP contribution in [0.4, 0.5) is 0 Å². The van der Waals surface area contributed by atoms with E-state index in [2.05, 4.69) is 319 Å². The van der Waals surface area contributed by atoms with Gasteiger partial charge in [-0.25, -0.2) is 4.98 Å². The van der Waals surface area contributed by atoms with Crippen LogP contribution in [0.1, 0.15) is 5.56 Å². The molecule has 0 aliphatic carbocycles. The summed E-state index contributed by atoms with van der Waals surface area (Å²) in [4.78, 5) is 5.77. The maximum atomic E-state index is 10.7. The minimum atomic E-state index is 0.569. The average molecular weight is 1170 g/mol. The normalized spacial score (nSPS) is 12.1. The first-order valence-electron chi connectivity index (χ1n) is 31.2. The topological polar surface area (TPSA) is 66.3 Å². The van der Waals surface area contributed by atoms with Crippen LogP contribution >= 0.6 is 0 Å². The van der Waals surface area contributed by atoms with E-state index in [4.69, 9.17) is 4.98 Å². The van der Waals surface area contributed by atoms with Crippen LogP contribution in [0.3, 0.4) is 0 Å². The summed E-state index contributed by atoms with van der Waals surface area (Å²) in [5.41, 5.74) is 20.6. The highest BCUT2D eigenvalue weighted by Crippen LogP contribution is 2.44. The van der Waals surface area contributed by atoms with Gasteiger partial charge in [-0.1, -0.05) is 182 Å². The van der Waals surface area contributed by atoms with E-state index in [9.17, 15) is 5.26 Å².